The lowest BCUT2D eigenvalue weighted by molar-refractivity contribution is 0.997. The van der Waals surface area contributed by atoms with E-state index in [1.165, 1.54) is 0 Å². The van der Waals surface area contributed by atoms with Gasteiger partial charge in [0, 0.05) is 33.6 Å². The summed E-state index contributed by atoms with van der Waals surface area (Å²) in [6.07, 6.45) is 0. The number of anilines is 6. The SMILES string of the molecule is c1ccc(-c2nc3c(nc2-c2ccccc2)N(c2ccccc2)c2nc(-c4ccccc4)c(-c4ccccc4)nc2N3c2ccccc2)cc1. The Morgan fingerprint density at radius 2 is 0.440 bits per heavy atom. The summed E-state index contributed by atoms with van der Waals surface area (Å²) in [4.78, 5) is 26.3. The van der Waals surface area contributed by atoms with Crippen LogP contribution in [0.5, 0.6) is 0 Å². The van der Waals surface area contributed by atoms with Crippen molar-refractivity contribution < 1.29 is 0 Å². The average molecular weight is 643 g/mol. The minimum atomic E-state index is 0.659. The first-order chi connectivity index (χ1) is 24.8. The highest BCUT2D eigenvalue weighted by atomic mass is 15.4. The molecule has 0 unspecified atom stereocenters. The quantitative estimate of drug-likeness (QED) is 0.180. The third kappa shape index (κ3) is 5.16. The van der Waals surface area contributed by atoms with Gasteiger partial charge in [0.05, 0.1) is 22.8 Å². The number of fused-ring (bicyclic) bond motifs is 2. The molecule has 3 heterocycles. The van der Waals surface area contributed by atoms with E-state index < -0.39 is 0 Å². The highest BCUT2D eigenvalue weighted by Crippen LogP contribution is 2.53. The molecule has 1 aliphatic heterocycles. The lowest BCUT2D eigenvalue weighted by Crippen LogP contribution is -2.29. The fraction of sp³-hybridized carbons (Fsp3) is 0. The van der Waals surface area contributed by atoms with E-state index in [0.717, 1.165) is 56.4 Å². The van der Waals surface area contributed by atoms with Crippen molar-refractivity contribution in [2.45, 2.75) is 0 Å². The predicted octanol–water partition coefficient (Wildman–Crippen LogP) is 11.2. The third-order valence-corrected chi connectivity index (χ3v) is 8.78. The Kier molecular flexibility index (Phi) is 7.37. The topological polar surface area (TPSA) is 58.0 Å². The van der Waals surface area contributed by atoms with Crippen LogP contribution in [-0.4, -0.2) is 19.9 Å². The summed E-state index contributed by atoms with van der Waals surface area (Å²) < 4.78 is 0. The van der Waals surface area contributed by atoms with Gasteiger partial charge < -0.3 is 0 Å². The predicted molar refractivity (Wildman–Crippen MR) is 202 cm³/mol. The lowest BCUT2D eigenvalue weighted by Gasteiger charge is -2.37. The molecule has 2 aromatic heterocycles. The molecule has 0 saturated heterocycles. The molecule has 1 aliphatic rings. The molecule has 6 nitrogen and oxygen atoms in total. The molecule has 0 amide bonds. The number of hydrogen-bond donors (Lipinski definition) is 0. The second kappa shape index (κ2) is 12.6. The van der Waals surface area contributed by atoms with Crippen molar-refractivity contribution in [2.24, 2.45) is 0 Å². The first-order valence-electron chi connectivity index (χ1n) is 16.6. The third-order valence-electron chi connectivity index (χ3n) is 8.78. The maximum absolute atomic E-state index is 5.53. The number of para-hydroxylation sites is 2. The van der Waals surface area contributed by atoms with Crippen LogP contribution < -0.4 is 9.80 Å². The summed E-state index contributed by atoms with van der Waals surface area (Å²) >= 11 is 0. The average Bonchev–Trinajstić information content (AvgIpc) is 3.21. The van der Waals surface area contributed by atoms with Gasteiger partial charge in [-0.2, -0.15) is 0 Å². The van der Waals surface area contributed by atoms with E-state index in [1.807, 2.05) is 109 Å². The Bertz CT molecular complexity index is 2100. The van der Waals surface area contributed by atoms with E-state index in [2.05, 4.69) is 82.6 Å². The molecule has 0 bridgehead atoms. The lowest BCUT2D eigenvalue weighted by atomic mass is 10.0. The van der Waals surface area contributed by atoms with Gasteiger partial charge in [0.15, 0.2) is 23.3 Å². The van der Waals surface area contributed by atoms with E-state index in [4.69, 9.17) is 19.9 Å². The summed E-state index contributed by atoms with van der Waals surface area (Å²) in [7, 11) is 0. The molecule has 6 heteroatoms. The van der Waals surface area contributed by atoms with Crippen LogP contribution in [0.15, 0.2) is 182 Å². The molecule has 236 valence electrons. The minimum absolute atomic E-state index is 0.659. The number of benzene rings is 6. The molecule has 0 fully saturated rings. The van der Waals surface area contributed by atoms with Crippen LogP contribution in [0, 0.1) is 0 Å². The molecule has 50 heavy (non-hydrogen) atoms. The highest BCUT2D eigenvalue weighted by molar-refractivity contribution is 5.99. The Morgan fingerprint density at radius 1 is 0.240 bits per heavy atom. The van der Waals surface area contributed by atoms with Crippen LogP contribution in [0.1, 0.15) is 0 Å². The van der Waals surface area contributed by atoms with Crippen molar-refractivity contribution >= 4 is 34.6 Å². The van der Waals surface area contributed by atoms with Gasteiger partial charge in [0.1, 0.15) is 0 Å². The maximum atomic E-state index is 5.53. The zero-order valence-corrected chi connectivity index (χ0v) is 27.0. The smallest absolute Gasteiger partial charge is 0.183 e. The van der Waals surface area contributed by atoms with Crippen molar-refractivity contribution in [1.82, 2.24) is 19.9 Å². The largest absolute Gasteiger partial charge is 0.273 e. The van der Waals surface area contributed by atoms with Gasteiger partial charge in [0.2, 0.25) is 0 Å². The minimum Gasteiger partial charge on any atom is -0.273 e. The molecular formula is C44H30N6. The van der Waals surface area contributed by atoms with Crippen LogP contribution in [0.2, 0.25) is 0 Å². The summed E-state index contributed by atoms with van der Waals surface area (Å²) in [5.74, 6) is 2.64. The normalized spacial score (nSPS) is 11.9. The summed E-state index contributed by atoms with van der Waals surface area (Å²) in [5, 5.41) is 0. The number of hydrogen-bond acceptors (Lipinski definition) is 6. The molecule has 0 N–H and O–H groups in total. The van der Waals surface area contributed by atoms with Crippen LogP contribution in [-0.2, 0) is 0 Å². The summed E-state index contributed by atoms with van der Waals surface area (Å²) in [5.41, 5.74) is 8.84. The number of rotatable bonds is 6. The first kappa shape index (κ1) is 29.2. The Hall–Kier alpha value is -6.92. The molecule has 0 radical (unpaired) electrons. The van der Waals surface area contributed by atoms with Crippen molar-refractivity contribution in [3.05, 3.63) is 182 Å². The van der Waals surface area contributed by atoms with E-state index in [1.54, 1.807) is 0 Å². The zero-order chi connectivity index (χ0) is 33.3. The van der Waals surface area contributed by atoms with Gasteiger partial charge in [0.25, 0.3) is 0 Å². The maximum Gasteiger partial charge on any atom is 0.183 e. The highest BCUT2D eigenvalue weighted by Gasteiger charge is 2.38. The van der Waals surface area contributed by atoms with E-state index in [-0.39, 0.29) is 0 Å². The fourth-order valence-electron chi connectivity index (χ4n) is 6.47. The second-order valence-electron chi connectivity index (χ2n) is 11.9. The van der Waals surface area contributed by atoms with Crippen molar-refractivity contribution in [3.63, 3.8) is 0 Å². The second-order valence-corrected chi connectivity index (χ2v) is 11.9. The Labute approximate surface area is 290 Å². The van der Waals surface area contributed by atoms with Gasteiger partial charge in [-0.25, -0.2) is 19.9 Å². The molecule has 0 spiro atoms. The standard InChI is InChI=1S/C44H30N6/c1-7-19-31(20-8-1)37-38(32-21-9-2-10-22-32)46-42-41(45-37)49(35-27-15-5-16-28-35)43-44(50(42)36-29-17-6-18-30-36)48-40(34-25-13-4-14-26-34)39(47-43)33-23-11-3-12-24-33/h1-30H. The van der Waals surface area contributed by atoms with Crippen LogP contribution in [0.4, 0.5) is 34.6 Å². The molecule has 9 rings (SSSR count). The van der Waals surface area contributed by atoms with Crippen LogP contribution in [0.25, 0.3) is 45.0 Å². The molecule has 0 saturated carbocycles. The van der Waals surface area contributed by atoms with Crippen LogP contribution in [0.3, 0.4) is 0 Å². The van der Waals surface area contributed by atoms with Crippen LogP contribution >= 0.6 is 0 Å². The van der Waals surface area contributed by atoms with E-state index in [0.29, 0.717) is 23.3 Å². The van der Waals surface area contributed by atoms with Gasteiger partial charge in [-0.1, -0.05) is 158 Å². The Morgan fingerprint density at radius 3 is 0.660 bits per heavy atom. The van der Waals surface area contributed by atoms with E-state index >= 15 is 0 Å². The monoisotopic (exact) mass is 642 g/mol. The number of nitrogens with zero attached hydrogens (tertiary/aromatic N) is 6. The van der Waals surface area contributed by atoms with Gasteiger partial charge >= 0.3 is 0 Å². The molecule has 0 aliphatic carbocycles. The number of aromatic nitrogens is 4. The van der Waals surface area contributed by atoms with Gasteiger partial charge in [-0.3, -0.25) is 9.80 Å². The summed E-state index contributed by atoms with van der Waals surface area (Å²) in [6.45, 7) is 0. The molecule has 0 atom stereocenters. The Balaban J connectivity index is 1.41. The summed E-state index contributed by atoms with van der Waals surface area (Å²) in [6, 6.07) is 61.5. The van der Waals surface area contributed by atoms with Gasteiger partial charge in [-0.15, -0.1) is 0 Å². The first-order valence-corrected chi connectivity index (χ1v) is 16.6. The van der Waals surface area contributed by atoms with Crippen molar-refractivity contribution in [2.75, 3.05) is 9.80 Å². The fourth-order valence-corrected chi connectivity index (χ4v) is 6.47. The molecule has 6 aromatic carbocycles. The zero-order valence-electron chi connectivity index (χ0n) is 27.0. The van der Waals surface area contributed by atoms with Gasteiger partial charge in [-0.05, 0) is 24.3 Å². The van der Waals surface area contributed by atoms with Crippen molar-refractivity contribution in [3.8, 4) is 45.0 Å². The van der Waals surface area contributed by atoms with E-state index in [9.17, 15) is 0 Å². The molecular weight excluding hydrogens is 613 g/mol. The molecule has 8 aromatic rings. The van der Waals surface area contributed by atoms with Crippen molar-refractivity contribution in [1.29, 1.82) is 0 Å².